The summed E-state index contributed by atoms with van der Waals surface area (Å²) in [5.74, 6) is -0.374. The van der Waals surface area contributed by atoms with Gasteiger partial charge >= 0.3 is 0 Å². The highest BCUT2D eigenvalue weighted by Crippen LogP contribution is 2.16. The first-order valence-corrected chi connectivity index (χ1v) is 12.3. The molecule has 0 saturated carbocycles. The third kappa shape index (κ3) is 7.13. The van der Waals surface area contributed by atoms with Crippen LogP contribution in [0.1, 0.15) is 31.8 Å². The molecular weight excluding hydrogens is 484 g/mol. The normalized spacial score (nSPS) is 11.2. The summed E-state index contributed by atoms with van der Waals surface area (Å²) in [7, 11) is 1.57. The Bertz CT molecular complexity index is 1420. The number of ketones is 1. The monoisotopic (exact) mass is 508 g/mol. The lowest BCUT2D eigenvalue weighted by Gasteiger charge is -2.12. The number of nitrogens with one attached hydrogen (secondary N) is 2. The highest BCUT2D eigenvalue weighted by molar-refractivity contribution is 7.08. The maximum absolute atomic E-state index is 13.2. The van der Waals surface area contributed by atoms with Crippen molar-refractivity contribution in [2.75, 3.05) is 12.4 Å². The number of carbonyl (C=O) groups is 3. The highest BCUT2D eigenvalue weighted by Gasteiger charge is 2.15. The predicted molar refractivity (Wildman–Crippen MR) is 148 cm³/mol. The second-order valence-corrected chi connectivity index (χ2v) is 8.72. The van der Waals surface area contributed by atoms with Crippen LogP contribution >= 0.6 is 11.3 Å². The van der Waals surface area contributed by atoms with Gasteiger partial charge in [0.25, 0.3) is 11.8 Å². The summed E-state index contributed by atoms with van der Waals surface area (Å²) in [6.45, 7) is 0. The molecule has 4 rings (SSSR count). The van der Waals surface area contributed by atoms with E-state index in [4.69, 9.17) is 4.74 Å². The van der Waals surface area contributed by atoms with Gasteiger partial charge in [-0.15, -0.1) is 0 Å². The molecule has 1 aromatic heterocycles. The van der Waals surface area contributed by atoms with Crippen LogP contribution in [0.5, 0.6) is 5.75 Å². The molecule has 6 nitrogen and oxygen atoms in total. The average Bonchev–Trinajstić information content (AvgIpc) is 3.46. The molecule has 2 N–H and O–H groups in total. The summed E-state index contributed by atoms with van der Waals surface area (Å²) < 4.78 is 5.19. The lowest BCUT2D eigenvalue weighted by Crippen LogP contribution is -2.30. The number of thiophene rings is 1. The fourth-order valence-electron chi connectivity index (χ4n) is 3.36. The number of benzene rings is 3. The Hall–Kier alpha value is -4.75. The molecular formula is C30H24N2O4S. The summed E-state index contributed by atoms with van der Waals surface area (Å²) in [5, 5.41) is 9.39. The van der Waals surface area contributed by atoms with Gasteiger partial charge in [0.2, 0.25) is 0 Å². The first-order chi connectivity index (χ1) is 18.0. The Morgan fingerprint density at radius 1 is 0.811 bits per heavy atom. The standard InChI is InChI=1S/C30H24N2O4S/c1-36-26-14-7-21(8-15-26)19-27(32-29(34)24-5-3-2-4-6-24)30(35)31-25-12-10-23(11-13-25)28(33)16-9-22-17-18-37-20-22/h2-20H,1H3,(H,31,35)(H,32,34)/b16-9+,27-19-. The van der Waals surface area contributed by atoms with Crippen molar-refractivity contribution in [2.24, 2.45) is 0 Å². The molecule has 0 aliphatic carbocycles. The first kappa shape index (κ1) is 25.3. The Morgan fingerprint density at radius 2 is 1.54 bits per heavy atom. The molecule has 1 heterocycles. The predicted octanol–water partition coefficient (Wildman–Crippen LogP) is 6.06. The number of allylic oxidation sites excluding steroid dienone is 1. The summed E-state index contributed by atoms with van der Waals surface area (Å²) in [6.07, 6.45) is 4.87. The summed E-state index contributed by atoms with van der Waals surface area (Å²) >= 11 is 1.56. The first-order valence-electron chi connectivity index (χ1n) is 11.4. The van der Waals surface area contributed by atoms with Gasteiger partial charge in [-0.25, -0.2) is 0 Å². The number of ether oxygens (including phenoxy) is 1. The number of methoxy groups -OCH3 is 1. The minimum Gasteiger partial charge on any atom is -0.497 e. The SMILES string of the molecule is COc1ccc(/C=C(\NC(=O)c2ccccc2)C(=O)Nc2ccc(C(=O)/C=C/c3ccsc3)cc2)cc1. The van der Waals surface area contributed by atoms with Gasteiger partial charge in [0, 0.05) is 16.8 Å². The fraction of sp³-hybridized carbons (Fsp3) is 0.0333. The summed E-state index contributed by atoms with van der Waals surface area (Å²) in [4.78, 5) is 38.4. The molecule has 0 saturated heterocycles. The highest BCUT2D eigenvalue weighted by atomic mass is 32.1. The van der Waals surface area contributed by atoms with E-state index in [1.165, 1.54) is 6.08 Å². The van der Waals surface area contributed by atoms with Crippen molar-refractivity contribution in [2.45, 2.75) is 0 Å². The van der Waals surface area contributed by atoms with Crippen LogP contribution in [0.2, 0.25) is 0 Å². The second-order valence-electron chi connectivity index (χ2n) is 7.94. The third-order valence-corrected chi connectivity index (χ3v) is 6.05. The minimum absolute atomic E-state index is 0.0675. The Kier molecular flexibility index (Phi) is 8.41. The zero-order valence-electron chi connectivity index (χ0n) is 20.0. The van der Waals surface area contributed by atoms with Crippen LogP contribution in [0.3, 0.4) is 0 Å². The quantitative estimate of drug-likeness (QED) is 0.213. The van der Waals surface area contributed by atoms with Crippen LogP contribution in [0, 0.1) is 0 Å². The van der Waals surface area contributed by atoms with Crippen molar-refractivity contribution in [3.8, 4) is 5.75 Å². The van der Waals surface area contributed by atoms with Crippen LogP contribution in [-0.2, 0) is 4.79 Å². The van der Waals surface area contributed by atoms with Gasteiger partial charge < -0.3 is 15.4 Å². The zero-order valence-corrected chi connectivity index (χ0v) is 20.8. The zero-order chi connectivity index (χ0) is 26.0. The maximum Gasteiger partial charge on any atom is 0.272 e. The van der Waals surface area contributed by atoms with E-state index < -0.39 is 11.8 Å². The topological polar surface area (TPSA) is 84.5 Å². The van der Waals surface area contributed by atoms with Gasteiger partial charge in [0.15, 0.2) is 5.78 Å². The molecule has 184 valence electrons. The molecule has 7 heteroatoms. The smallest absolute Gasteiger partial charge is 0.272 e. The number of amides is 2. The molecule has 0 aliphatic rings. The van der Waals surface area contributed by atoms with Gasteiger partial charge in [0.05, 0.1) is 7.11 Å². The number of carbonyl (C=O) groups excluding carboxylic acids is 3. The van der Waals surface area contributed by atoms with Crippen LogP contribution in [0.25, 0.3) is 12.2 Å². The van der Waals surface area contributed by atoms with Gasteiger partial charge in [-0.2, -0.15) is 11.3 Å². The van der Waals surface area contributed by atoms with E-state index in [1.54, 1.807) is 103 Å². The van der Waals surface area contributed by atoms with Crippen molar-refractivity contribution in [3.63, 3.8) is 0 Å². The number of hydrogen-bond donors (Lipinski definition) is 2. The molecule has 0 unspecified atom stereocenters. The molecule has 3 aromatic carbocycles. The fourth-order valence-corrected chi connectivity index (χ4v) is 3.99. The van der Waals surface area contributed by atoms with Gasteiger partial charge in [-0.05, 0) is 88.6 Å². The minimum atomic E-state index is -0.503. The van der Waals surface area contributed by atoms with E-state index in [1.807, 2.05) is 22.9 Å². The average molecular weight is 509 g/mol. The van der Waals surface area contributed by atoms with Gasteiger partial charge in [0.1, 0.15) is 11.4 Å². The lowest BCUT2D eigenvalue weighted by atomic mass is 10.1. The lowest BCUT2D eigenvalue weighted by molar-refractivity contribution is -0.113. The van der Waals surface area contributed by atoms with Crippen LogP contribution in [0.4, 0.5) is 5.69 Å². The van der Waals surface area contributed by atoms with Crippen molar-refractivity contribution in [3.05, 3.63) is 130 Å². The van der Waals surface area contributed by atoms with Crippen molar-refractivity contribution >= 4 is 46.8 Å². The number of anilines is 1. The van der Waals surface area contributed by atoms with E-state index >= 15 is 0 Å². The van der Waals surface area contributed by atoms with E-state index in [0.29, 0.717) is 28.1 Å². The third-order valence-electron chi connectivity index (χ3n) is 5.35. The molecule has 0 aliphatic heterocycles. The van der Waals surface area contributed by atoms with Crippen LogP contribution < -0.4 is 15.4 Å². The van der Waals surface area contributed by atoms with Crippen molar-refractivity contribution in [1.29, 1.82) is 0 Å². The Labute approximate surface area is 218 Å². The summed E-state index contributed by atoms with van der Waals surface area (Å²) in [6, 6.07) is 24.3. The van der Waals surface area contributed by atoms with Crippen LogP contribution in [0.15, 0.2) is 107 Å². The Morgan fingerprint density at radius 3 is 2.19 bits per heavy atom. The molecule has 0 radical (unpaired) electrons. The van der Waals surface area contributed by atoms with Crippen molar-refractivity contribution < 1.29 is 19.1 Å². The molecule has 0 fully saturated rings. The number of hydrogen-bond acceptors (Lipinski definition) is 5. The van der Waals surface area contributed by atoms with E-state index in [-0.39, 0.29) is 11.5 Å². The van der Waals surface area contributed by atoms with E-state index in [0.717, 1.165) is 5.56 Å². The van der Waals surface area contributed by atoms with Crippen LogP contribution in [-0.4, -0.2) is 24.7 Å². The van der Waals surface area contributed by atoms with E-state index in [2.05, 4.69) is 10.6 Å². The molecule has 4 aromatic rings. The molecule has 37 heavy (non-hydrogen) atoms. The largest absolute Gasteiger partial charge is 0.497 e. The molecule has 2 amide bonds. The van der Waals surface area contributed by atoms with Gasteiger partial charge in [-0.1, -0.05) is 36.4 Å². The van der Waals surface area contributed by atoms with Gasteiger partial charge in [-0.3, -0.25) is 14.4 Å². The summed E-state index contributed by atoms with van der Waals surface area (Å²) in [5.41, 5.74) is 3.15. The molecule has 0 atom stereocenters. The Balaban J connectivity index is 1.50. The maximum atomic E-state index is 13.2. The van der Waals surface area contributed by atoms with Crippen molar-refractivity contribution in [1.82, 2.24) is 5.32 Å². The van der Waals surface area contributed by atoms with E-state index in [9.17, 15) is 14.4 Å². The number of rotatable bonds is 9. The molecule has 0 bridgehead atoms. The second kappa shape index (κ2) is 12.3. The molecule has 0 spiro atoms.